The minimum atomic E-state index is -0.648. The molecule has 0 fully saturated rings. The lowest BCUT2D eigenvalue weighted by Crippen LogP contribution is -2.49. The Balaban J connectivity index is 4.95. The van der Waals surface area contributed by atoms with Gasteiger partial charge in [0.15, 0.2) is 0 Å². The molecule has 0 heterocycles. The predicted octanol–water partition coefficient (Wildman–Crippen LogP) is 0.631. The van der Waals surface area contributed by atoms with Gasteiger partial charge in [-0.15, -0.1) is 0 Å². The van der Waals surface area contributed by atoms with Gasteiger partial charge in [0.25, 0.3) is 0 Å². The number of hydrogen-bond acceptors (Lipinski definition) is 10. The van der Waals surface area contributed by atoms with E-state index >= 15 is 0 Å². The monoisotopic (exact) mass is 404 g/mol. The Morgan fingerprint density at radius 3 is 0.929 bits per heavy atom. The van der Waals surface area contributed by atoms with Crippen molar-refractivity contribution in [2.24, 2.45) is 0 Å². The SMILES string of the molecule is CCOC(=O)CC(CC(=O)OCC)NNC(CC(=O)OCC)CC(=O)OCC. The molecule has 0 rings (SSSR count). The second-order valence-corrected chi connectivity index (χ2v) is 5.72. The van der Waals surface area contributed by atoms with Crippen molar-refractivity contribution in [2.45, 2.75) is 65.5 Å². The molecule has 162 valence electrons. The Bertz CT molecular complexity index is 414. The maximum absolute atomic E-state index is 11.8. The number of esters is 4. The molecule has 0 spiro atoms. The first-order chi connectivity index (χ1) is 13.4. The fraction of sp³-hybridized carbons (Fsp3) is 0.778. The van der Waals surface area contributed by atoms with Crippen molar-refractivity contribution in [1.82, 2.24) is 10.9 Å². The van der Waals surface area contributed by atoms with Gasteiger partial charge in [-0.3, -0.25) is 30.0 Å². The molecular formula is C18H32N2O8. The Morgan fingerprint density at radius 2 is 0.750 bits per heavy atom. The van der Waals surface area contributed by atoms with Crippen LogP contribution in [0.3, 0.4) is 0 Å². The normalized spacial score (nSPS) is 10.6. The summed E-state index contributed by atoms with van der Waals surface area (Å²) in [5.74, 6) is -1.95. The third kappa shape index (κ3) is 13.0. The highest BCUT2D eigenvalue weighted by molar-refractivity contribution is 5.74. The van der Waals surface area contributed by atoms with E-state index in [1.165, 1.54) is 0 Å². The molecule has 0 radical (unpaired) electrons. The van der Waals surface area contributed by atoms with Crippen LogP contribution in [0.4, 0.5) is 0 Å². The van der Waals surface area contributed by atoms with Gasteiger partial charge in [-0.1, -0.05) is 0 Å². The lowest BCUT2D eigenvalue weighted by atomic mass is 10.1. The third-order valence-corrected chi connectivity index (χ3v) is 3.37. The summed E-state index contributed by atoms with van der Waals surface area (Å²) >= 11 is 0. The second-order valence-electron chi connectivity index (χ2n) is 5.72. The van der Waals surface area contributed by atoms with Crippen LogP contribution in [0.5, 0.6) is 0 Å². The van der Waals surface area contributed by atoms with E-state index in [0.29, 0.717) is 0 Å². The van der Waals surface area contributed by atoms with Crippen LogP contribution in [0.2, 0.25) is 0 Å². The molecule has 0 aliphatic rings. The van der Waals surface area contributed by atoms with Crippen molar-refractivity contribution in [2.75, 3.05) is 26.4 Å². The summed E-state index contributed by atoms with van der Waals surface area (Å²) in [7, 11) is 0. The van der Waals surface area contributed by atoms with E-state index in [4.69, 9.17) is 18.9 Å². The van der Waals surface area contributed by atoms with E-state index < -0.39 is 36.0 Å². The topological polar surface area (TPSA) is 129 Å². The van der Waals surface area contributed by atoms with Crippen LogP contribution >= 0.6 is 0 Å². The number of nitrogens with one attached hydrogen (secondary N) is 2. The highest BCUT2D eigenvalue weighted by Crippen LogP contribution is 2.06. The molecule has 0 unspecified atom stereocenters. The van der Waals surface area contributed by atoms with Crippen LogP contribution in [0.1, 0.15) is 53.4 Å². The van der Waals surface area contributed by atoms with Gasteiger partial charge < -0.3 is 18.9 Å². The zero-order valence-corrected chi connectivity index (χ0v) is 17.1. The average molecular weight is 404 g/mol. The van der Waals surface area contributed by atoms with Gasteiger partial charge in [-0.05, 0) is 27.7 Å². The van der Waals surface area contributed by atoms with Gasteiger partial charge in [0.05, 0.1) is 52.1 Å². The van der Waals surface area contributed by atoms with E-state index in [1.807, 2.05) is 0 Å². The highest BCUT2D eigenvalue weighted by atomic mass is 16.5. The first-order valence-corrected chi connectivity index (χ1v) is 9.49. The van der Waals surface area contributed by atoms with Crippen molar-refractivity contribution >= 4 is 23.9 Å². The standard InChI is InChI=1S/C18H32N2O8/c1-5-25-15(21)9-13(10-16(22)26-6-2)19-20-14(11-17(23)27-7-3)12-18(24)28-8-4/h13-14,19-20H,5-12H2,1-4H3. The molecule has 10 nitrogen and oxygen atoms in total. The third-order valence-electron chi connectivity index (χ3n) is 3.37. The van der Waals surface area contributed by atoms with Gasteiger partial charge >= 0.3 is 23.9 Å². The number of ether oxygens (including phenoxy) is 4. The molecule has 0 amide bonds. The molecule has 0 bridgehead atoms. The van der Waals surface area contributed by atoms with Gasteiger partial charge in [-0.2, -0.15) is 0 Å². The molecule has 0 saturated carbocycles. The smallest absolute Gasteiger partial charge is 0.307 e. The maximum atomic E-state index is 11.8. The Hall–Kier alpha value is -2.20. The molecule has 0 aliphatic heterocycles. The molecule has 0 aliphatic carbocycles. The number of hydrazine groups is 1. The number of hydrogen-bond donors (Lipinski definition) is 2. The van der Waals surface area contributed by atoms with E-state index in [2.05, 4.69) is 10.9 Å². The Kier molecular flexibility index (Phi) is 14.6. The summed E-state index contributed by atoms with van der Waals surface area (Å²) in [5.41, 5.74) is 5.65. The van der Waals surface area contributed by atoms with Crippen molar-refractivity contribution in [1.29, 1.82) is 0 Å². The van der Waals surface area contributed by atoms with Crippen LogP contribution in [0.15, 0.2) is 0 Å². The molecular weight excluding hydrogens is 372 g/mol. The van der Waals surface area contributed by atoms with E-state index in [9.17, 15) is 19.2 Å². The van der Waals surface area contributed by atoms with Crippen molar-refractivity contribution in [3.8, 4) is 0 Å². The maximum Gasteiger partial charge on any atom is 0.307 e. The van der Waals surface area contributed by atoms with Crippen LogP contribution < -0.4 is 10.9 Å². The van der Waals surface area contributed by atoms with Crippen LogP contribution in [-0.2, 0) is 38.1 Å². The molecule has 0 saturated heterocycles. The minimum Gasteiger partial charge on any atom is -0.466 e. The van der Waals surface area contributed by atoms with Crippen molar-refractivity contribution < 1.29 is 38.1 Å². The summed E-state index contributed by atoms with van der Waals surface area (Å²) < 4.78 is 19.6. The van der Waals surface area contributed by atoms with Gasteiger partial charge in [0, 0.05) is 12.1 Å². The largest absolute Gasteiger partial charge is 0.466 e. The highest BCUT2D eigenvalue weighted by Gasteiger charge is 2.23. The summed E-state index contributed by atoms with van der Waals surface area (Å²) in [4.78, 5) is 47.1. The molecule has 10 heteroatoms. The zero-order valence-electron chi connectivity index (χ0n) is 17.1. The summed E-state index contributed by atoms with van der Waals surface area (Å²) in [5, 5.41) is 0. The summed E-state index contributed by atoms with van der Waals surface area (Å²) in [6.45, 7) is 7.58. The van der Waals surface area contributed by atoms with Crippen LogP contribution in [0, 0.1) is 0 Å². The number of rotatable bonds is 15. The lowest BCUT2D eigenvalue weighted by molar-refractivity contribution is -0.149. The van der Waals surface area contributed by atoms with E-state index in [0.717, 1.165) is 0 Å². The Morgan fingerprint density at radius 1 is 0.536 bits per heavy atom. The van der Waals surface area contributed by atoms with Gasteiger partial charge in [-0.25, -0.2) is 0 Å². The van der Waals surface area contributed by atoms with E-state index in [1.54, 1.807) is 27.7 Å². The fourth-order valence-electron chi connectivity index (χ4n) is 2.27. The minimum absolute atomic E-state index is 0.0921. The molecule has 2 N–H and O–H groups in total. The zero-order chi connectivity index (χ0) is 21.4. The quantitative estimate of drug-likeness (QED) is 0.228. The first kappa shape index (κ1) is 25.8. The van der Waals surface area contributed by atoms with Crippen molar-refractivity contribution in [3.05, 3.63) is 0 Å². The molecule has 28 heavy (non-hydrogen) atoms. The molecule has 0 aromatic heterocycles. The Labute approximate surface area is 165 Å². The molecule has 0 aromatic rings. The van der Waals surface area contributed by atoms with Gasteiger partial charge in [0.2, 0.25) is 0 Å². The van der Waals surface area contributed by atoms with E-state index in [-0.39, 0.29) is 52.1 Å². The second kappa shape index (κ2) is 15.8. The average Bonchev–Trinajstić information content (AvgIpc) is 2.60. The van der Waals surface area contributed by atoms with Crippen molar-refractivity contribution in [3.63, 3.8) is 0 Å². The molecule has 0 atom stereocenters. The summed E-state index contributed by atoms with van der Waals surface area (Å²) in [6, 6.07) is -1.30. The lowest BCUT2D eigenvalue weighted by Gasteiger charge is -2.23. The number of carbonyl (C=O) groups is 4. The summed E-state index contributed by atoms with van der Waals surface area (Å²) in [6.07, 6.45) is -0.368. The van der Waals surface area contributed by atoms with Gasteiger partial charge in [0.1, 0.15) is 0 Å². The number of carbonyl (C=O) groups excluding carboxylic acids is 4. The molecule has 0 aromatic carbocycles. The van der Waals surface area contributed by atoms with Crippen LogP contribution in [-0.4, -0.2) is 62.4 Å². The van der Waals surface area contributed by atoms with Crippen LogP contribution in [0.25, 0.3) is 0 Å². The first-order valence-electron chi connectivity index (χ1n) is 9.49. The fourth-order valence-corrected chi connectivity index (χ4v) is 2.27. The predicted molar refractivity (Wildman–Crippen MR) is 98.8 cm³/mol.